The summed E-state index contributed by atoms with van der Waals surface area (Å²) in [5, 5.41) is 0.160. The average Bonchev–Trinajstić information content (AvgIpc) is 3.41. The van der Waals surface area contributed by atoms with Gasteiger partial charge < -0.3 is 9.47 Å². The zero-order valence-electron chi connectivity index (χ0n) is 17.2. The first-order chi connectivity index (χ1) is 13.8. The predicted octanol–water partition coefficient (Wildman–Crippen LogP) is 1.81. The lowest BCUT2D eigenvalue weighted by atomic mass is 10.0. The van der Waals surface area contributed by atoms with Crippen molar-refractivity contribution in [3.63, 3.8) is 0 Å². The van der Waals surface area contributed by atoms with Crippen LogP contribution in [-0.2, 0) is 22.9 Å². The fourth-order valence-electron chi connectivity index (χ4n) is 4.98. The number of sulfonamides is 1. The lowest BCUT2D eigenvalue weighted by Gasteiger charge is -2.23. The Kier molecular flexibility index (Phi) is 4.43. The molecule has 3 aliphatic rings. The molecule has 8 nitrogen and oxygen atoms in total. The molecule has 0 radical (unpaired) electrons. The van der Waals surface area contributed by atoms with E-state index in [1.807, 2.05) is 25.3 Å². The standard InChI is InChI=1S/C20H28N6O2S/c1-13(2)25-11-19(21-12-25)29(27,28)26-9-15-7-24(8-16(15)10-26)20-17-5-4-6-18(17)22-14(3)23-20/h11-13,15-16H,4-10H2,1-3H3. The van der Waals surface area contributed by atoms with Gasteiger partial charge in [-0.1, -0.05) is 0 Å². The van der Waals surface area contributed by atoms with Crippen molar-refractivity contribution in [2.24, 2.45) is 11.8 Å². The lowest BCUT2D eigenvalue weighted by molar-refractivity contribution is 0.450. The van der Waals surface area contributed by atoms with Crippen molar-refractivity contribution >= 4 is 15.8 Å². The van der Waals surface area contributed by atoms with Gasteiger partial charge >= 0.3 is 0 Å². The third-order valence-corrected chi connectivity index (χ3v) is 8.27. The quantitative estimate of drug-likeness (QED) is 0.756. The van der Waals surface area contributed by atoms with Crippen LogP contribution in [0, 0.1) is 18.8 Å². The van der Waals surface area contributed by atoms with Gasteiger partial charge in [-0.05, 0) is 51.9 Å². The van der Waals surface area contributed by atoms with Crippen LogP contribution < -0.4 is 4.90 Å². The van der Waals surface area contributed by atoms with E-state index in [1.165, 1.54) is 11.3 Å². The van der Waals surface area contributed by atoms with Crippen LogP contribution in [0.3, 0.4) is 0 Å². The van der Waals surface area contributed by atoms with Crippen LogP contribution in [0.25, 0.3) is 0 Å². The molecule has 2 aromatic heterocycles. The Labute approximate surface area is 172 Å². The number of hydrogen-bond donors (Lipinski definition) is 0. The highest BCUT2D eigenvalue weighted by Crippen LogP contribution is 2.38. The van der Waals surface area contributed by atoms with Gasteiger partial charge in [0, 0.05) is 49.7 Å². The van der Waals surface area contributed by atoms with Crippen LogP contribution >= 0.6 is 0 Å². The summed E-state index contributed by atoms with van der Waals surface area (Å²) in [6, 6.07) is 0.191. The second kappa shape index (κ2) is 6.77. The largest absolute Gasteiger partial charge is 0.356 e. The second-order valence-corrected chi connectivity index (χ2v) is 10.8. The first-order valence-corrected chi connectivity index (χ1v) is 11.9. The van der Waals surface area contributed by atoms with E-state index in [0.717, 1.165) is 44.0 Å². The Morgan fingerprint density at radius 1 is 1.07 bits per heavy atom. The molecule has 2 fully saturated rings. The first-order valence-electron chi connectivity index (χ1n) is 10.5. The molecule has 2 aliphatic heterocycles. The van der Waals surface area contributed by atoms with Crippen molar-refractivity contribution in [2.45, 2.75) is 51.1 Å². The maximum absolute atomic E-state index is 13.1. The van der Waals surface area contributed by atoms with Gasteiger partial charge in [0.15, 0.2) is 5.03 Å². The summed E-state index contributed by atoms with van der Waals surface area (Å²) in [7, 11) is -3.53. The first kappa shape index (κ1) is 19.0. The summed E-state index contributed by atoms with van der Waals surface area (Å²) in [5.74, 6) is 2.60. The number of aromatic nitrogens is 4. The zero-order chi connectivity index (χ0) is 20.3. The Hall–Kier alpha value is -2.00. The number of fused-ring (bicyclic) bond motifs is 2. The summed E-state index contributed by atoms with van der Waals surface area (Å²) in [4.78, 5) is 15.9. The zero-order valence-corrected chi connectivity index (χ0v) is 18.1. The van der Waals surface area contributed by atoms with Gasteiger partial charge in [0.25, 0.3) is 10.0 Å². The highest BCUT2D eigenvalue weighted by molar-refractivity contribution is 7.89. The van der Waals surface area contributed by atoms with Gasteiger partial charge in [0.2, 0.25) is 0 Å². The molecule has 0 saturated carbocycles. The number of anilines is 1. The van der Waals surface area contributed by atoms with E-state index < -0.39 is 10.0 Å². The highest BCUT2D eigenvalue weighted by Gasteiger charge is 2.45. The molecule has 4 heterocycles. The normalized spacial score (nSPS) is 24.5. The molecule has 5 rings (SSSR count). The molecule has 2 atom stereocenters. The van der Waals surface area contributed by atoms with E-state index >= 15 is 0 Å². The van der Waals surface area contributed by atoms with Crippen LogP contribution in [0.2, 0.25) is 0 Å². The molecular weight excluding hydrogens is 388 g/mol. The topological polar surface area (TPSA) is 84.2 Å². The smallest absolute Gasteiger partial charge is 0.262 e. The van der Waals surface area contributed by atoms with E-state index in [2.05, 4.69) is 14.9 Å². The minimum absolute atomic E-state index is 0.160. The number of rotatable bonds is 4. The molecule has 0 spiro atoms. The van der Waals surface area contributed by atoms with E-state index in [4.69, 9.17) is 4.98 Å². The summed E-state index contributed by atoms with van der Waals surface area (Å²) in [6.45, 7) is 8.83. The van der Waals surface area contributed by atoms with Crippen LogP contribution in [0.15, 0.2) is 17.6 Å². The van der Waals surface area contributed by atoms with Gasteiger partial charge in [-0.25, -0.2) is 23.4 Å². The van der Waals surface area contributed by atoms with Crippen LogP contribution in [0.4, 0.5) is 5.82 Å². The number of hydrogen-bond acceptors (Lipinski definition) is 6. The Bertz CT molecular complexity index is 1030. The van der Waals surface area contributed by atoms with E-state index in [9.17, 15) is 8.42 Å². The van der Waals surface area contributed by atoms with Crippen LogP contribution in [0.5, 0.6) is 0 Å². The highest BCUT2D eigenvalue weighted by atomic mass is 32.2. The SMILES string of the molecule is Cc1nc2c(c(N3CC4CN(S(=O)(=O)c5cn(C(C)C)cn5)CC4C3)n1)CCC2. The summed E-state index contributed by atoms with van der Waals surface area (Å²) in [5.41, 5.74) is 2.51. The average molecular weight is 417 g/mol. The minimum atomic E-state index is -3.53. The molecule has 0 N–H and O–H groups in total. The summed E-state index contributed by atoms with van der Waals surface area (Å²) in [6.07, 6.45) is 6.50. The Balaban J connectivity index is 1.33. The fourth-order valence-corrected chi connectivity index (χ4v) is 6.45. The van der Waals surface area contributed by atoms with Crippen molar-refractivity contribution < 1.29 is 8.42 Å². The molecule has 0 aromatic carbocycles. The van der Waals surface area contributed by atoms with Crippen LogP contribution in [0.1, 0.15) is 43.4 Å². The number of aryl methyl sites for hydroxylation is 2. The van der Waals surface area contributed by atoms with Crippen molar-refractivity contribution in [3.8, 4) is 0 Å². The fraction of sp³-hybridized carbons (Fsp3) is 0.650. The third-order valence-electron chi connectivity index (χ3n) is 6.55. The van der Waals surface area contributed by atoms with Crippen LogP contribution in [-0.4, -0.2) is 58.4 Å². The second-order valence-electron chi connectivity index (χ2n) is 8.87. The molecular formula is C20H28N6O2S. The minimum Gasteiger partial charge on any atom is -0.356 e. The maximum atomic E-state index is 13.1. The van der Waals surface area contributed by atoms with Crippen molar-refractivity contribution in [1.82, 2.24) is 23.8 Å². The molecule has 1 aliphatic carbocycles. The Morgan fingerprint density at radius 3 is 2.45 bits per heavy atom. The molecule has 29 heavy (non-hydrogen) atoms. The van der Waals surface area contributed by atoms with Gasteiger partial charge in [0.1, 0.15) is 11.6 Å². The van der Waals surface area contributed by atoms with E-state index in [1.54, 1.807) is 16.8 Å². The molecule has 2 saturated heterocycles. The summed E-state index contributed by atoms with van der Waals surface area (Å²) >= 11 is 0. The van der Waals surface area contributed by atoms with Crippen molar-refractivity contribution in [1.29, 1.82) is 0 Å². The third kappa shape index (κ3) is 3.15. The van der Waals surface area contributed by atoms with E-state index in [-0.39, 0.29) is 11.1 Å². The molecule has 9 heteroatoms. The molecule has 0 bridgehead atoms. The lowest BCUT2D eigenvalue weighted by Crippen LogP contribution is -2.34. The molecule has 156 valence electrons. The molecule has 0 amide bonds. The maximum Gasteiger partial charge on any atom is 0.262 e. The van der Waals surface area contributed by atoms with Gasteiger partial charge in [0.05, 0.1) is 6.33 Å². The van der Waals surface area contributed by atoms with Crippen molar-refractivity contribution in [3.05, 3.63) is 29.6 Å². The Morgan fingerprint density at radius 2 is 1.79 bits per heavy atom. The number of nitrogens with zero attached hydrogens (tertiary/aromatic N) is 6. The van der Waals surface area contributed by atoms with Gasteiger partial charge in [-0.2, -0.15) is 4.31 Å². The van der Waals surface area contributed by atoms with Gasteiger partial charge in [-0.15, -0.1) is 0 Å². The van der Waals surface area contributed by atoms with Crippen molar-refractivity contribution in [2.75, 3.05) is 31.1 Å². The summed E-state index contributed by atoms with van der Waals surface area (Å²) < 4.78 is 29.6. The number of imidazole rings is 1. The molecule has 2 unspecified atom stereocenters. The molecule has 2 aromatic rings. The van der Waals surface area contributed by atoms with E-state index in [0.29, 0.717) is 24.9 Å². The monoisotopic (exact) mass is 416 g/mol. The van der Waals surface area contributed by atoms with Gasteiger partial charge in [-0.3, -0.25) is 0 Å². The predicted molar refractivity (Wildman–Crippen MR) is 109 cm³/mol.